The summed E-state index contributed by atoms with van der Waals surface area (Å²) in [6.45, 7) is 1.24. The van der Waals surface area contributed by atoms with E-state index in [2.05, 4.69) is 43.4 Å². The van der Waals surface area contributed by atoms with Gasteiger partial charge in [-0.1, -0.05) is 12.2 Å². The van der Waals surface area contributed by atoms with E-state index in [0.29, 0.717) is 12.1 Å². The molecule has 0 aromatic rings. The van der Waals surface area contributed by atoms with Crippen molar-refractivity contribution in [2.24, 2.45) is 0 Å². The summed E-state index contributed by atoms with van der Waals surface area (Å²) in [4.78, 5) is 0. The van der Waals surface area contributed by atoms with Gasteiger partial charge in [-0.2, -0.15) is 0 Å². The van der Waals surface area contributed by atoms with E-state index in [1.54, 1.807) is 0 Å². The normalized spacial score (nSPS) is 35.4. The Balaban J connectivity index is 1.99. The van der Waals surface area contributed by atoms with E-state index < -0.39 is 0 Å². The van der Waals surface area contributed by atoms with Gasteiger partial charge in [-0.05, 0) is 25.1 Å². The molecule has 0 aromatic heterocycles. The van der Waals surface area contributed by atoms with E-state index in [1.165, 1.54) is 19.4 Å². The van der Waals surface area contributed by atoms with Gasteiger partial charge in [0, 0.05) is 35.5 Å². The number of hydrogen-bond acceptors (Lipinski definition) is 2. The Morgan fingerprint density at radius 3 is 2.92 bits per heavy atom. The smallest absolute Gasteiger partial charge is 0.0605 e. The number of nitrogens with one attached hydrogen (secondary N) is 1. The highest BCUT2D eigenvalue weighted by molar-refractivity contribution is 14.1. The molecule has 2 atom stereocenters. The van der Waals surface area contributed by atoms with Crippen molar-refractivity contribution < 1.29 is 0 Å². The fraction of sp³-hybridized carbons (Fsp3) is 0.556. The SMILES string of the molecule is IN1CCC[C@H]1C1C=CC=CN1. The molecule has 0 amide bonds. The predicted octanol–water partition coefficient (Wildman–Crippen LogP) is 1.84. The zero-order valence-corrected chi connectivity index (χ0v) is 9.07. The van der Waals surface area contributed by atoms with Crippen molar-refractivity contribution in [3.05, 3.63) is 24.4 Å². The molecule has 1 unspecified atom stereocenters. The molecule has 2 nitrogen and oxygen atoms in total. The van der Waals surface area contributed by atoms with Crippen LogP contribution in [-0.4, -0.2) is 21.7 Å². The molecule has 2 aliphatic heterocycles. The van der Waals surface area contributed by atoms with Gasteiger partial charge in [0.2, 0.25) is 0 Å². The van der Waals surface area contributed by atoms with Crippen molar-refractivity contribution in [1.29, 1.82) is 0 Å². The Kier molecular flexibility index (Phi) is 2.70. The van der Waals surface area contributed by atoms with Crippen LogP contribution in [0.1, 0.15) is 12.8 Å². The number of halogens is 1. The van der Waals surface area contributed by atoms with Gasteiger partial charge < -0.3 is 5.32 Å². The molecule has 0 aromatic carbocycles. The number of hydrogen-bond donors (Lipinski definition) is 1. The fourth-order valence-corrected chi connectivity index (χ4v) is 2.78. The Hall–Kier alpha value is -0.0300. The molecule has 1 saturated heterocycles. The third kappa shape index (κ3) is 1.66. The Bertz CT molecular complexity index is 213. The Morgan fingerprint density at radius 2 is 2.33 bits per heavy atom. The van der Waals surface area contributed by atoms with Crippen molar-refractivity contribution in [3.8, 4) is 0 Å². The average Bonchev–Trinajstić information content (AvgIpc) is 2.53. The lowest BCUT2D eigenvalue weighted by atomic mass is 10.1. The third-order valence-electron chi connectivity index (χ3n) is 2.46. The first-order valence-corrected chi connectivity index (χ1v) is 5.36. The van der Waals surface area contributed by atoms with E-state index in [1.807, 2.05) is 12.3 Å². The molecule has 0 saturated carbocycles. The molecule has 2 heterocycles. The van der Waals surface area contributed by atoms with E-state index in [9.17, 15) is 0 Å². The monoisotopic (exact) mass is 276 g/mol. The maximum atomic E-state index is 3.38. The zero-order valence-electron chi connectivity index (χ0n) is 6.91. The van der Waals surface area contributed by atoms with Crippen LogP contribution in [0.15, 0.2) is 24.4 Å². The molecule has 1 N–H and O–H groups in total. The zero-order chi connectivity index (χ0) is 8.39. The van der Waals surface area contributed by atoms with Crippen LogP contribution in [0.4, 0.5) is 0 Å². The van der Waals surface area contributed by atoms with Gasteiger partial charge in [-0.25, -0.2) is 3.11 Å². The molecule has 0 aliphatic carbocycles. The topological polar surface area (TPSA) is 15.3 Å². The molecule has 0 radical (unpaired) electrons. The van der Waals surface area contributed by atoms with Gasteiger partial charge in [0.1, 0.15) is 0 Å². The van der Waals surface area contributed by atoms with E-state index in [4.69, 9.17) is 0 Å². The summed E-state index contributed by atoms with van der Waals surface area (Å²) in [6, 6.07) is 1.21. The molecule has 2 aliphatic rings. The highest BCUT2D eigenvalue weighted by Crippen LogP contribution is 2.24. The maximum Gasteiger partial charge on any atom is 0.0605 e. The summed E-state index contributed by atoms with van der Waals surface area (Å²) < 4.78 is 2.42. The summed E-state index contributed by atoms with van der Waals surface area (Å²) in [5, 5.41) is 3.38. The lowest BCUT2D eigenvalue weighted by molar-refractivity contribution is 0.404. The maximum absolute atomic E-state index is 3.38. The summed E-state index contributed by atoms with van der Waals surface area (Å²) in [6.07, 6.45) is 11.1. The largest absolute Gasteiger partial charge is 0.383 e. The minimum atomic E-state index is 0.523. The van der Waals surface area contributed by atoms with Gasteiger partial charge in [0.25, 0.3) is 0 Å². The Labute approximate surface area is 87.2 Å². The second kappa shape index (κ2) is 3.79. The van der Waals surface area contributed by atoms with Crippen LogP contribution in [-0.2, 0) is 0 Å². The highest BCUT2D eigenvalue weighted by Gasteiger charge is 2.28. The molecule has 0 spiro atoms. The molecule has 12 heavy (non-hydrogen) atoms. The van der Waals surface area contributed by atoms with Crippen LogP contribution < -0.4 is 5.32 Å². The van der Waals surface area contributed by atoms with Crippen molar-refractivity contribution in [2.45, 2.75) is 24.9 Å². The summed E-state index contributed by atoms with van der Waals surface area (Å²) in [5.74, 6) is 0. The quantitative estimate of drug-likeness (QED) is 0.580. The van der Waals surface area contributed by atoms with Crippen LogP contribution in [0.5, 0.6) is 0 Å². The summed E-state index contributed by atoms with van der Waals surface area (Å²) in [7, 11) is 0. The summed E-state index contributed by atoms with van der Waals surface area (Å²) >= 11 is 2.43. The van der Waals surface area contributed by atoms with Crippen molar-refractivity contribution >= 4 is 22.9 Å². The molecule has 2 rings (SSSR count). The first-order valence-electron chi connectivity index (χ1n) is 4.40. The molecule has 3 heteroatoms. The van der Waals surface area contributed by atoms with Crippen LogP contribution in [0, 0.1) is 0 Å². The minimum Gasteiger partial charge on any atom is -0.383 e. The number of rotatable bonds is 1. The van der Waals surface area contributed by atoms with E-state index >= 15 is 0 Å². The molecule has 0 bridgehead atoms. The third-order valence-corrected chi connectivity index (χ3v) is 3.66. The lowest BCUT2D eigenvalue weighted by Crippen LogP contribution is -2.40. The van der Waals surface area contributed by atoms with E-state index in [-0.39, 0.29) is 0 Å². The van der Waals surface area contributed by atoms with Crippen LogP contribution in [0.2, 0.25) is 0 Å². The van der Waals surface area contributed by atoms with Gasteiger partial charge >= 0.3 is 0 Å². The number of nitrogens with zero attached hydrogens (tertiary/aromatic N) is 1. The second-order valence-corrected chi connectivity index (χ2v) is 4.51. The molecular formula is C9H13IN2. The van der Waals surface area contributed by atoms with Crippen LogP contribution in [0.3, 0.4) is 0 Å². The summed E-state index contributed by atoms with van der Waals surface area (Å²) in [5.41, 5.74) is 0. The standard InChI is InChI=1S/C9H13IN2/c10-12-7-3-5-9(12)8-4-1-2-6-11-8/h1-2,4,6,8-9,11H,3,5,7H2/t8?,9-/m0/s1. The molecular weight excluding hydrogens is 263 g/mol. The van der Waals surface area contributed by atoms with Crippen molar-refractivity contribution in [3.63, 3.8) is 0 Å². The second-order valence-electron chi connectivity index (χ2n) is 3.27. The van der Waals surface area contributed by atoms with Crippen molar-refractivity contribution in [2.75, 3.05) is 6.54 Å². The van der Waals surface area contributed by atoms with Gasteiger partial charge in [-0.3, -0.25) is 0 Å². The first-order chi connectivity index (χ1) is 5.88. The molecule has 66 valence electrons. The fourth-order valence-electron chi connectivity index (χ4n) is 1.81. The number of allylic oxidation sites excluding steroid dienone is 2. The predicted molar refractivity (Wildman–Crippen MR) is 59.0 cm³/mol. The Morgan fingerprint density at radius 1 is 1.42 bits per heavy atom. The molecule has 1 fully saturated rings. The lowest BCUT2D eigenvalue weighted by Gasteiger charge is -2.26. The van der Waals surface area contributed by atoms with Crippen LogP contribution >= 0.6 is 22.9 Å². The van der Waals surface area contributed by atoms with Gasteiger partial charge in [0.15, 0.2) is 0 Å². The van der Waals surface area contributed by atoms with Gasteiger partial charge in [0.05, 0.1) is 6.04 Å². The van der Waals surface area contributed by atoms with Crippen LogP contribution in [0.25, 0.3) is 0 Å². The average molecular weight is 276 g/mol. The van der Waals surface area contributed by atoms with Gasteiger partial charge in [-0.15, -0.1) is 0 Å². The first kappa shape index (κ1) is 8.56. The van der Waals surface area contributed by atoms with E-state index in [0.717, 1.165) is 0 Å². The van der Waals surface area contributed by atoms with Crippen molar-refractivity contribution in [1.82, 2.24) is 8.43 Å². The number of dihydropyridines is 1. The minimum absolute atomic E-state index is 0.523. The highest BCUT2D eigenvalue weighted by atomic mass is 127.